The van der Waals surface area contributed by atoms with Gasteiger partial charge in [-0.2, -0.15) is 0 Å². The average Bonchev–Trinajstić information content (AvgIpc) is 3.05. The Bertz CT molecular complexity index is 960. The molecule has 34 heavy (non-hydrogen) atoms. The van der Waals surface area contributed by atoms with Crippen molar-refractivity contribution < 1.29 is 9.59 Å². The van der Waals surface area contributed by atoms with E-state index in [1.807, 2.05) is 0 Å². The lowest BCUT2D eigenvalue weighted by Crippen LogP contribution is -2.65. The number of hydrogen-bond acceptors (Lipinski definition) is 2. The van der Waals surface area contributed by atoms with Crippen LogP contribution >= 0.6 is 11.6 Å². The molecule has 4 fully saturated rings. The Balaban J connectivity index is 1.62. The summed E-state index contributed by atoms with van der Waals surface area (Å²) in [6.07, 6.45) is 9.72. The van der Waals surface area contributed by atoms with Crippen LogP contribution in [0.3, 0.4) is 0 Å². The first kappa shape index (κ1) is 25.0. The van der Waals surface area contributed by atoms with Gasteiger partial charge in [-0.3, -0.25) is 9.59 Å². The van der Waals surface area contributed by atoms with Crippen LogP contribution < -0.4 is 0 Å². The summed E-state index contributed by atoms with van der Waals surface area (Å²) < 4.78 is 0. The number of hydrogen-bond donors (Lipinski definition) is 0. The molecule has 0 amide bonds. The molecular formula is C31H47ClO2. The summed E-state index contributed by atoms with van der Waals surface area (Å²) in [6.45, 7) is 19.6. The third-order valence-corrected chi connectivity index (χ3v) is 13.7. The Labute approximate surface area is 213 Å². The number of carbonyl (C=O) groups is 2. The van der Waals surface area contributed by atoms with Crippen molar-refractivity contribution in [3.8, 4) is 0 Å². The SMILES string of the molecule is CC(C)C1=C2[C@H]3CC[C@@H]4[C@@]5(C)CC[C@H](C)C(C)(C)[C@@H]5CC[C@@]4(C)[C@]3(C)CC[C@@]2(C(=O)Cl)CC1=O. The van der Waals surface area contributed by atoms with Crippen LogP contribution in [0.15, 0.2) is 11.1 Å². The van der Waals surface area contributed by atoms with Gasteiger partial charge in [0.1, 0.15) is 0 Å². The van der Waals surface area contributed by atoms with Gasteiger partial charge < -0.3 is 0 Å². The largest absolute Gasteiger partial charge is 0.294 e. The highest BCUT2D eigenvalue weighted by atomic mass is 35.5. The van der Waals surface area contributed by atoms with E-state index >= 15 is 0 Å². The number of rotatable bonds is 2. The van der Waals surface area contributed by atoms with Crippen LogP contribution in [0.2, 0.25) is 0 Å². The average molecular weight is 487 g/mol. The monoisotopic (exact) mass is 486 g/mol. The smallest absolute Gasteiger partial charge is 0.232 e. The highest BCUT2D eigenvalue weighted by Gasteiger charge is 2.70. The molecule has 0 spiro atoms. The second-order valence-electron chi connectivity index (χ2n) is 14.8. The first-order valence-electron chi connectivity index (χ1n) is 14.1. The zero-order chi connectivity index (χ0) is 25.1. The molecule has 8 atom stereocenters. The van der Waals surface area contributed by atoms with Gasteiger partial charge in [-0.05, 0) is 125 Å². The standard InChI is InChI=1S/C31H47ClO2/c1-18(2)24-21(33)17-31(26(32)34)16-15-29(7)20(25(24)31)9-10-23-28(6)13-11-19(3)27(4,5)22(28)12-14-30(23,29)8/h18-20,22-23H,9-17H2,1-8H3/t19-,20+,22-,23+,28-,29+,30+,31+/m0/s1. The molecule has 0 aromatic rings. The maximum Gasteiger partial charge on any atom is 0.232 e. The maximum atomic E-state index is 13.3. The predicted octanol–water partition coefficient (Wildman–Crippen LogP) is 8.37. The van der Waals surface area contributed by atoms with E-state index in [0.717, 1.165) is 36.7 Å². The number of halogens is 1. The van der Waals surface area contributed by atoms with E-state index < -0.39 is 5.41 Å². The van der Waals surface area contributed by atoms with E-state index in [9.17, 15) is 9.59 Å². The summed E-state index contributed by atoms with van der Waals surface area (Å²) in [7, 11) is 0. The van der Waals surface area contributed by atoms with E-state index in [1.165, 1.54) is 37.7 Å². The normalized spacial score (nSPS) is 49.9. The number of carbonyl (C=O) groups excluding carboxylic acids is 2. The van der Waals surface area contributed by atoms with E-state index in [1.54, 1.807) is 0 Å². The quantitative estimate of drug-likeness (QED) is 0.367. The second kappa shape index (κ2) is 7.45. The summed E-state index contributed by atoms with van der Waals surface area (Å²) in [4.78, 5) is 26.3. The Morgan fingerprint density at radius 3 is 2.18 bits per heavy atom. The molecule has 0 heterocycles. The summed E-state index contributed by atoms with van der Waals surface area (Å²) in [5, 5.41) is -0.278. The molecule has 0 saturated heterocycles. The molecule has 0 bridgehead atoms. The van der Waals surface area contributed by atoms with Gasteiger partial charge in [0.05, 0.1) is 5.41 Å². The molecule has 0 unspecified atom stereocenters. The number of Topliss-reactive ketones (excluding diaryl/α,β-unsaturated/α-hetero) is 1. The van der Waals surface area contributed by atoms with Crippen molar-refractivity contribution in [2.45, 2.75) is 113 Å². The van der Waals surface area contributed by atoms with Crippen LogP contribution in [-0.2, 0) is 9.59 Å². The zero-order valence-corrected chi connectivity index (χ0v) is 23.7. The third kappa shape index (κ3) is 2.82. The molecule has 0 aliphatic heterocycles. The van der Waals surface area contributed by atoms with E-state index in [4.69, 9.17) is 11.6 Å². The minimum absolute atomic E-state index is 0.118. The molecule has 0 aromatic carbocycles. The molecule has 0 radical (unpaired) electrons. The molecule has 2 nitrogen and oxygen atoms in total. The van der Waals surface area contributed by atoms with Gasteiger partial charge in [0, 0.05) is 6.42 Å². The van der Waals surface area contributed by atoms with Crippen molar-refractivity contribution in [3.05, 3.63) is 11.1 Å². The van der Waals surface area contributed by atoms with Gasteiger partial charge in [-0.1, -0.05) is 55.4 Å². The van der Waals surface area contributed by atoms with Crippen molar-refractivity contribution >= 4 is 22.6 Å². The van der Waals surface area contributed by atoms with Crippen LogP contribution in [0, 0.1) is 56.7 Å². The Morgan fingerprint density at radius 2 is 1.56 bits per heavy atom. The second-order valence-corrected chi connectivity index (χ2v) is 15.2. The van der Waals surface area contributed by atoms with Gasteiger partial charge >= 0.3 is 0 Å². The highest BCUT2D eigenvalue weighted by molar-refractivity contribution is 6.65. The van der Waals surface area contributed by atoms with Crippen LogP contribution in [0.4, 0.5) is 0 Å². The van der Waals surface area contributed by atoms with Crippen molar-refractivity contribution in [3.63, 3.8) is 0 Å². The van der Waals surface area contributed by atoms with Crippen LogP contribution in [0.5, 0.6) is 0 Å². The molecule has 0 aromatic heterocycles. The maximum absolute atomic E-state index is 13.3. The Morgan fingerprint density at radius 1 is 0.882 bits per heavy atom. The first-order valence-corrected chi connectivity index (χ1v) is 14.5. The number of ketones is 1. The zero-order valence-electron chi connectivity index (χ0n) is 22.9. The molecule has 0 N–H and O–H groups in total. The van der Waals surface area contributed by atoms with Gasteiger partial charge in [0.25, 0.3) is 0 Å². The van der Waals surface area contributed by atoms with Crippen molar-refractivity contribution in [1.29, 1.82) is 0 Å². The molecule has 5 rings (SSSR count). The fourth-order valence-electron chi connectivity index (χ4n) is 11.0. The van der Waals surface area contributed by atoms with E-state index in [0.29, 0.717) is 29.1 Å². The van der Waals surface area contributed by atoms with Crippen LogP contribution in [0.1, 0.15) is 113 Å². The van der Waals surface area contributed by atoms with E-state index in [-0.39, 0.29) is 27.8 Å². The van der Waals surface area contributed by atoms with Crippen molar-refractivity contribution in [2.75, 3.05) is 0 Å². The highest BCUT2D eigenvalue weighted by Crippen LogP contribution is 2.77. The van der Waals surface area contributed by atoms with Crippen molar-refractivity contribution in [1.82, 2.24) is 0 Å². The van der Waals surface area contributed by atoms with E-state index in [2.05, 4.69) is 55.4 Å². The summed E-state index contributed by atoms with van der Waals surface area (Å²) in [5.74, 6) is 2.94. The van der Waals surface area contributed by atoms with Gasteiger partial charge in [0.2, 0.25) is 5.24 Å². The summed E-state index contributed by atoms with van der Waals surface area (Å²) in [5.41, 5.74) is 2.55. The van der Waals surface area contributed by atoms with Gasteiger partial charge in [-0.25, -0.2) is 0 Å². The van der Waals surface area contributed by atoms with Crippen LogP contribution in [0.25, 0.3) is 0 Å². The van der Waals surface area contributed by atoms with Crippen molar-refractivity contribution in [2.24, 2.45) is 56.7 Å². The molecule has 4 saturated carbocycles. The summed E-state index contributed by atoms with van der Waals surface area (Å²) >= 11 is 6.37. The lowest BCUT2D eigenvalue weighted by atomic mass is 9.32. The molecule has 5 aliphatic rings. The fraction of sp³-hybridized carbons (Fsp3) is 0.871. The lowest BCUT2D eigenvalue weighted by Gasteiger charge is -2.72. The van der Waals surface area contributed by atoms with Gasteiger partial charge in [-0.15, -0.1) is 0 Å². The Kier molecular flexibility index (Phi) is 5.49. The molecule has 190 valence electrons. The predicted molar refractivity (Wildman–Crippen MR) is 139 cm³/mol. The minimum atomic E-state index is -0.727. The lowest BCUT2D eigenvalue weighted by molar-refractivity contribution is -0.219. The topological polar surface area (TPSA) is 34.1 Å². The fourth-order valence-corrected chi connectivity index (χ4v) is 11.3. The first-order chi connectivity index (χ1) is 15.7. The number of fused-ring (bicyclic) bond motifs is 7. The van der Waals surface area contributed by atoms with Crippen LogP contribution in [-0.4, -0.2) is 11.0 Å². The van der Waals surface area contributed by atoms with Gasteiger partial charge in [0.15, 0.2) is 5.78 Å². The number of allylic oxidation sites excluding steroid dienone is 2. The molecular weight excluding hydrogens is 440 g/mol. The Hall–Kier alpha value is -0.630. The molecule has 3 heteroatoms. The summed E-state index contributed by atoms with van der Waals surface area (Å²) in [6, 6.07) is 0. The minimum Gasteiger partial charge on any atom is -0.294 e. The third-order valence-electron chi connectivity index (χ3n) is 13.4. The molecule has 5 aliphatic carbocycles.